The van der Waals surface area contributed by atoms with Gasteiger partial charge in [-0.2, -0.15) is 0 Å². The van der Waals surface area contributed by atoms with E-state index in [0.717, 1.165) is 17.5 Å². The van der Waals surface area contributed by atoms with E-state index >= 15 is 0 Å². The molecular weight excluding hydrogens is 396 g/mol. The smallest absolute Gasteiger partial charge is 0.264 e. The predicted molar refractivity (Wildman–Crippen MR) is 119 cm³/mol. The van der Waals surface area contributed by atoms with E-state index in [2.05, 4.69) is 0 Å². The van der Waals surface area contributed by atoms with Crippen LogP contribution in [0.1, 0.15) is 18.1 Å². The summed E-state index contributed by atoms with van der Waals surface area (Å²) in [6.07, 6.45) is 1.34. The third kappa shape index (κ3) is 3.96. The second-order valence-electron chi connectivity index (χ2n) is 7.36. The minimum absolute atomic E-state index is 0.0766. The Morgan fingerprint density at radius 1 is 0.967 bits per heavy atom. The number of carbonyl (C=O) groups excluding carboxylic acids is 1. The van der Waals surface area contributed by atoms with Crippen LogP contribution in [0.25, 0.3) is 0 Å². The van der Waals surface area contributed by atoms with Crippen LogP contribution in [0.15, 0.2) is 83.8 Å². The van der Waals surface area contributed by atoms with Crippen LogP contribution in [0.4, 0.5) is 11.4 Å². The topological polar surface area (TPSA) is 57.7 Å². The first-order chi connectivity index (χ1) is 14.5. The van der Waals surface area contributed by atoms with Gasteiger partial charge in [0.15, 0.2) is 0 Å². The summed E-state index contributed by atoms with van der Waals surface area (Å²) in [5.74, 6) is -0.0766. The second-order valence-corrected chi connectivity index (χ2v) is 9.22. The zero-order valence-corrected chi connectivity index (χ0v) is 17.7. The Morgan fingerprint density at radius 3 is 2.30 bits per heavy atom. The SMILES string of the molecule is CC(=O)N1CCc2ccc(S(=O)(=O)N(CCc3ccccc3)c3ccccc3)cc21. The van der Waals surface area contributed by atoms with E-state index in [1.54, 1.807) is 29.2 Å². The normalized spacial score (nSPS) is 13.2. The number of hydrogen-bond acceptors (Lipinski definition) is 3. The van der Waals surface area contributed by atoms with Gasteiger partial charge in [0.25, 0.3) is 10.0 Å². The van der Waals surface area contributed by atoms with Gasteiger partial charge in [0.1, 0.15) is 0 Å². The Balaban J connectivity index is 1.71. The number of amides is 1. The second kappa shape index (κ2) is 8.32. The summed E-state index contributed by atoms with van der Waals surface area (Å²) in [4.78, 5) is 13.8. The van der Waals surface area contributed by atoms with E-state index in [1.807, 2.05) is 54.6 Å². The summed E-state index contributed by atoms with van der Waals surface area (Å²) >= 11 is 0. The summed E-state index contributed by atoms with van der Waals surface area (Å²) in [6, 6.07) is 24.1. The molecule has 0 fully saturated rings. The number of rotatable bonds is 6. The summed E-state index contributed by atoms with van der Waals surface area (Å²) in [5, 5.41) is 0. The van der Waals surface area contributed by atoms with Crippen LogP contribution < -0.4 is 9.21 Å². The molecule has 0 bridgehead atoms. The Hall–Kier alpha value is -3.12. The van der Waals surface area contributed by atoms with E-state index in [9.17, 15) is 13.2 Å². The van der Waals surface area contributed by atoms with Gasteiger partial charge in [0, 0.05) is 25.7 Å². The zero-order chi connectivity index (χ0) is 21.1. The average molecular weight is 421 g/mol. The molecule has 1 amide bonds. The molecule has 0 N–H and O–H groups in total. The van der Waals surface area contributed by atoms with Gasteiger partial charge in [-0.3, -0.25) is 9.10 Å². The molecule has 0 spiro atoms. The van der Waals surface area contributed by atoms with Crippen molar-refractivity contribution in [1.82, 2.24) is 0 Å². The number of anilines is 2. The third-order valence-corrected chi connectivity index (χ3v) is 7.23. The molecule has 6 heteroatoms. The molecule has 1 heterocycles. The lowest BCUT2D eigenvalue weighted by molar-refractivity contribution is -0.116. The van der Waals surface area contributed by atoms with Crippen LogP contribution in [0, 0.1) is 0 Å². The first kappa shape index (κ1) is 20.2. The van der Waals surface area contributed by atoms with Gasteiger partial charge in [-0.1, -0.05) is 54.6 Å². The molecular formula is C24H24N2O3S. The Morgan fingerprint density at radius 2 is 1.63 bits per heavy atom. The summed E-state index contributed by atoms with van der Waals surface area (Å²) in [6.45, 7) is 2.42. The number of sulfonamides is 1. The fourth-order valence-corrected chi connectivity index (χ4v) is 5.32. The third-order valence-electron chi connectivity index (χ3n) is 5.41. The Bertz CT molecular complexity index is 1150. The highest BCUT2D eigenvalue weighted by Crippen LogP contribution is 2.33. The molecule has 30 heavy (non-hydrogen) atoms. The Labute approximate surface area is 177 Å². The van der Waals surface area contributed by atoms with Crippen molar-refractivity contribution in [3.8, 4) is 0 Å². The molecule has 5 nitrogen and oxygen atoms in total. The number of fused-ring (bicyclic) bond motifs is 1. The monoisotopic (exact) mass is 420 g/mol. The largest absolute Gasteiger partial charge is 0.312 e. The maximum absolute atomic E-state index is 13.7. The first-order valence-electron chi connectivity index (χ1n) is 9.99. The van der Waals surface area contributed by atoms with Crippen molar-refractivity contribution in [2.24, 2.45) is 0 Å². The fraction of sp³-hybridized carbons (Fsp3) is 0.208. The molecule has 3 aromatic carbocycles. The summed E-state index contributed by atoms with van der Waals surface area (Å²) in [7, 11) is -3.80. The molecule has 1 aliphatic rings. The maximum atomic E-state index is 13.7. The highest BCUT2D eigenvalue weighted by atomic mass is 32.2. The number of carbonyl (C=O) groups is 1. The molecule has 0 aromatic heterocycles. The predicted octanol–water partition coefficient (Wildman–Crippen LogP) is 4.03. The van der Waals surface area contributed by atoms with Crippen molar-refractivity contribution in [1.29, 1.82) is 0 Å². The van der Waals surface area contributed by atoms with Gasteiger partial charge in [-0.15, -0.1) is 0 Å². The van der Waals surface area contributed by atoms with Crippen molar-refractivity contribution in [3.05, 3.63) is 90.0 Å². The molecule has 0 radical (unpaired) electrons. The number of para-hydroxylation sites is 1. The van der Waals surface area contributed by atoms with Gasteiger partial charge < -0.3 is 4.90 Å². The van der Waals surface area contributed by atoms with Gasteiger partial charge in [0.05, 0.1) is 10.6 Å². The fourth-order valence-electron chi connectivity index (χ4n) is 3.83. The first-order valence-corrected chi connectivity index (χ1v) is 11.4. The Kier molecular flexibility index (Phi) is 5.59. The molecule has 0 saturated heterocycles. The van der Waals surface area contributed by atoms with E-state index in [-0.39, 0.29) is 10.8 Å². The zero-order valence-electron chi connectivity index (χ0n) is 16.9. The maximum Gasteiger partial charge on any atom is 0.264 e. The van der Waals surface area contributed by atoms with Crippen LogP contribution in [-0.4, -0.2) is 27.4 Å². The van der Waals surface area contributed by atoms with Crippen LogP contribution in [0.3, 0.4) is 0 Å². The minimum Gasteiger partial charge on any atom is -0.312 e. The molecule has 1 aliphatic heterocycles. The lowest BCUT2D eigenvalue weighted by Gasteiger charge is -2.25. The lowest BCUT2D eigenvalue weighted by Crippen LogP contribution is -2.33. The quantitative estimate of drug-likeness (QED) is 0.605. The van der Waals surface area contributed by atoms with E-state index in [1.165, 1.54) is 11.2 Å². The van der Waals surface area contributed by atoms with Crippen LogP contribution >= 0.6 is 0 Å². The van der Waals surface area contributed by atoms with Crippen molar-refractivity contribution >= 4 is 27.3 Å². The standard InChI is InChI=1S/C24H24N2O3S/c1-19(27)25-16-15-21-12-13-23(18-24(21)25)30(28,29)26(22-10-6-3-7-11-22)17-14-20-8-4-2-5-9-20/h2-13,18H,14-17H2,1H3. The van der Waals surface area contributed by atoms with Crippen LogP contribution in [0.5, 0.6) is 0 Å². The lowest BCUT2D eigenvalue weighted by atomic mass is 10.1. The number of hydrogen-bond donors (Lipinski definition) is 0. The van der Waals surface area contributed by atoms with Gasteiger partial charge >= 0.3 is 0 Å². The van der Waals surface area contributed by atoms with Crippen molar-refractivity contribution in [2.75, 3.05) is 22.3 Å². The molecule has 0 atom stereocenters. The van der Waals surface area contributed by atoms with Crippen molar-refractivity contribution in [2.45, 2.75) is 24.7 Å². The molecule has 154 valence electrons. The summed E-state index contributed by atoms with van der Waals surface area (Å²) in [5.41, 5.74) is 3.39. The molecule has 4 rings (SSSR count). The van der Waals surface area contributed by atoms with Crippen LogP contribution in [0.2, 0.25) is 0 Å². The molecule has 0 aliphatic carbocycles. The van der Waals surface area contributed by atoms with E-state index < -0.39 is 10.0 Å². The van der Waals surface area contributed by atoms with Gasteiger partial charge in [-0.25, -0.2) is 8.42 Å². The van der Waals surface area contributed by atoms with Crippen molar-refractivity contribution in [3.63, 3.8) is 0 Å². The number of benzene rings is 3. The van der Waals surface area contributed by atoms with Gasteiger partial charge in [-0.05, 0) is 48.2 Å². The van der Waals surface area contributed by atoms with Crippen LogP contribution in [-0.2, 0) is 27.7 Å². The minimum atomic E-state index is -3.80. The highest BCUT2D eigenvalue weighted by molar-refractivity contribution is 7.92. The molecule has 3 aromatic rings. The van der Waals surface area contributed by atoms with Gasteiger partial charge in [0.2, 0.25) is 5.91 Å². The molecule has 0 unspecified atom stereocenters. The van der Waals surface area contributed by atoms with E-state index in [4.69, 9.17) is 0 Å². The molecule has 0 saturated carbocycles. The highest BCUT2D eigenvalue weighted by Gasteiger charge is 2.29. The average Bonchev–Trinajstić information content (AvgIpc) is 3.19. The number of nitrogens with zero attached hydrogens (tertiary/aromatic N) is 2. The van der Waals surface area contributed by atoms with E-state index in [0.29, 0.717) is 30.9 Å². The summed E-state index contributed by atoms with van der Waals surface area (Å²) < 4.78 is 28.8. The van der Waals surface area contributed by atoms with Crippen molar-refractivity contribution < 1.29 is 13.2 Å².